The van der Waals surface area contributed by atoms with Crippen molar-refractivity contribution in [1.29, 1.82) is 0 Å². The number of aryl methyl sites for hydroxylation is 1. The molecule has 7 nitrogen and oxygen atoms in total. The van der Waals surface area contributed by atoms with Crippen LogP contribution in [0.4, 0.5) is 5.69 Å². The summed E-state index contributed by atoms with van der Waals surface area (Å²) in [5.41, 5.74) is 7.54. The maximum Gasteiger partial charge on any atom is 0.273 e. The zero-order valence-electron chi connectivity index (χ0n) is 17.0. The first-order valence-corrected chi connectivity index (χ1v) is 9.83. The number of hydrogen-bond acceptors (Lipinski definition) is 5. The first-order valence-electron chi connectivity index (χ1n) is 9.83. The summed E-state index contributed by atoms with van der Waals surface area (Å²) in [6.45, 7) is 6.26. The van der Waals surface area contributed by atoms with Gasteiger partial charge >= 0.3 is 0 Å². The van der Waals surface area contributed by atoms with E-state index in [0.717, 1.165) is 31.7 Å². The molecular weight excluding hydrogens is 368 g/mol. The van der Waals surface area contributed by atoms with Crippen molar-refractivity contribution in [2.75, 3.05) is 44.7 Å². The largest absolute Gasteiger partial charge is 0.496 e. The molecule has 0 unspecified atom stereocenters. The van der Waals surface area contributed by atoms with E-state index < -0.39 is 5.91 Å². The Morgan fingerprint density at radius 1 is 1.00 bits per heavy atom. The second-order valence-corrected chi connectivity index (χ2v) is 7.12. The SMILES string of the molecule is COc1ccc(C)cc1C(=O)NNC(=O)CCN1CCN(c2ccccc2)CC1. The Bertz CT molecular complexity index is 833. The van der Waals surface area contributed by atoms with Crippen molar-refractivity contribution >= 4 is 17.5 Å². The molecule has 154 valence electrons. The fourth-order valence-electron chi connectivity index (χ4n) is 3.38. The lowest BCUT2D eigenvalue weighted by Crippen LogP contribution is -2.48. The zero-order valence-corrected chi connectivity index (χ0v) is 17.0. The fraction of sp³-hybridized carbons (Fsp3) is 0.364. The summed E-state index contributed by atoms with van der Waals surface area (Å²) in [7, 11) is 1.51. The van der Waals surface area contributed by atoms with Gasteiger partial charge in [0.15, 0.2) is 0 Å². The van der Waals surface area contributed by atoms with Crippen LogP contribution in [0.15, 0.2) is 48.5 Å². The van der Waals surface area contributed by atoms with Crippen LogP contribution in [0, 0.1) is 6.92 Å². The van der Waals surface area contributed by atoms with Gasteiger partial charge in [0.2, 0.25) is 5.91 Å². The van der Waals surface area contributed by atoms with E-state index in [0.29, 0.717) is 24.3 Å². The van der Waals surface area contributed by atoms with E-state index in [1.165, 1.54) is 12.8 Å². The number of hydrogen-bond donors (Lipinski definition) is 2. The highest BCUT2D eigenvalue weighted by atomic mass is 16.5. The normalized spacial score (nSPS) is 14.3. The molecule has 1 fully saturated rings. The van der Waals surface area contributed by atoms with E-state index in [2.05, 4.69) is 32.8 Å². The van der Waals surface area contributed by atoms with Gasteiger partial charge in [-0.15, -0.1) is 0 Å². The van der Waals surface area contributed by atoms with Crippen molar-refractivity contribution in [1.82, 2.24) is 15.8 Å². The molecule has 2 aromatic rings. The average molecular weight is 396 g/mol. The number of carbonyl (C=O) groups excluding carboxylic acids is 2. The fourth-order valence-corrected chi connectivity index (χ4v) is 3.38. The molecule has 1 saturated heterocycles. The van der Waals surface area contributed by atoms with Gasteiger partial charge in [-0.3, -0.25) is 25.3 Å². The number of methoxy groups -OCH3 is 1. The van der Waals surface area contributed by atoms with Crippen LogP contribution >= 0.6 is 0 Å². The Morgan fingerprint density at radius 3 is 2.41 bits per heavy atom. The number of hydrazine groups is 1. The Balaban J connectivity index is 1.40. The van der Waals surface area contributed by atoms with Crippen molar-refractivity contribution in [3.8, 4) is 5.75 Å². The number of nitrogens with zero attached hydrogens (tertiary/aromatic N) is 2. The molecule has 0 radical (unpaired) electrons. The highest BCUT2D eigenvalue weighted by Gasteiger charge is 2.18. The maximum atomic E-state index is 12.3. The first kappa shape index (κ1) is 20.7. The van der Waals surface area contributed by atoms with Gasteiger partial charge in [-0.1, -0.05) is 29.8 Å². The molecule has 7 heteroatoms. The molecule has 2 N–H and O–H groups in total. The molecule has 2 amide bonds. The number of ether oxygens (including phenoxy) is 1. The third kappa shape index (κ3) is 5.71. The molecule has 1 aliphatic heterocycles. The molecule has 1 aliphatic rings. The highest BCUT2D eigenvalue weighted by Crippen LogP contribution is 2.19. The summed E-state index contributed by atoms with van der Waals surface area (Å²) >= 11 is 0. The second-order valence-electron chi connectivity index (χ2n) is 7.12. The minimum atomic E-state index is -0.393. The molecule has 1 heterocycles. The highest BCUT2D eigenvalue weighted by molar-refractivity contribution is 5.98. The molecule has 0 aliphatic carbocycles. The van der Waals surface area contributed by atoms with Crippen molar-refractivity contribution in [3.63, 3.8) is 0 Å². The number of anilines is 1. The Kier molecular flexibility index (Phi) is 7.08. The number of piperazine rings is 1. The Labute approximate surface area is 171 Å². The molecule has 29 heavy (non-hydrogen) atoms. The number of amides is 2. The number of nitrogens with one attached hydrogen (secondary N) is 2. The van der Waals surface area contributed by atoms with Gasteiger partial charge < -0.3 is 9.64 Å². The van der Waals surface area contributed by atoms with Crippen molar-refractivity contribution in [2.24, 2.45) is 0 Å². The topological polar surface area (TPSA) is 73.9 Å². The van der Waals surface area contributed by atoms with Crippen LogP contribution in [-0.4, -0.2) is 56.5 Å². The third-order valence-electron chi connectivity index (χ3n) is 5.06. The van der Waals surface area contributed by atoms with Crippen molar-refractivity contribution in [2.45, 2.75) is 13.3 Å². The van der Waals surface area contributed by atoms with E-state index >= 15 is 0 Å². The van der Waals surface area contributed by atoms with Crippen molar-refractivity contribution in [3.05, 3.63) is 59.7 Å². The molecular formula is C22H28N4O3. The molecule has 3 rings (SSSR count). The smallest absolute Gasteiger partial charge is 0.273 e. The molecule has 0 atom stereocenters. The van der Waals surface area contributed by atoms with E-state index in [4.69, 9.17) is 4.74 Å². The van der Waals surface area contributed by atoms with Crippen LogP contribution in [0.1, 0.15) is 22.3 Å². The summed E-state index contributed by atoms with van der Waals surface area (Å²) in [5, 5.41) is 0. The van der Waals surface area contributed by atoms with Gasteiger partial charge in [0.25, 0.3) is 5.91 Å². The maximum absolute atomic E-state index is 12.3. The predicted octanol–water partition coefficient (Wildman–Crippen LogP) is 1.98. The van der Waals surface area contributed by atoms with Crippen molar-refractivity contribution < 1.29 is 14.3 Å². The van der Waals surface area contributed by atoms with Crippen LogP contribution in [0.25, 0.3) is 0 Å². The van der Waals surface area contributed by atoms with Crippen LogP contribution in [0.2, 0.25) is 0 Å². The summed E-state index contributed by atoms with van der Waals surface area (Å²) in [6, 6.07) is 15.7. The minimum Gasteiger partial charge on any atom is -0.496 e. The lowest BCUT2D eigenvalue weighted by Gasteiger charge is -2.36. The van der Waals surface area contributed by atoms with Crippen LogP contribution < -0.4 is 20.5 Å². The van der Waals surface area contributed by atoms with E-state index in [-0.39, 0.29) is 5.91 Å². The van der Waals surface area contributed by atoms with Gasteiger partial charge in [0.05, 0.1) is 12.7 Å². The van der Waals surface area contributed by atoms with Gasteiger partial charge in [0, 0.05) is 44.8 Å². The Morgan fingerprint density at radius 2 is 1.72 bits per heavy atom. The molecule has 0 aromatic heterocycles. The molecule has 0 saturated carbocycles. The number of rotatable bonds is 6. The molecule has 0 bridgehead atoms. The molecule has 0 spiro atoms. The minimum absolute atomic E-state index is 0.213. The zero-order chi connectivity index (χ0) is 20.6. The van der Waals surface area contributed by atoms with Gasteiger partial charge in [-0.05, 0) is 31.2 Å². The average Bonchev–Trinajstić information content (AvgIpc) is 2.77. The summed E-state index contributed by atoms with van der Waals surface area (Å²) in [5.74, 6) is -0.135. The van der Waals surface area contributed by atoms with E-state index in [1.807, 2.05) is 31.2 Å². The lowest BCUT2D eigenvalue weighted by molar-refractivity contribution is -0.122. The first-order chi connectivity index (χ1) is 14.1. The third-order valence-corrected chi connectivity index (χ3v) is 5.06. The van der Waals surface area contributed by atoms with E-state index in [9.17, 15) is 9.59 Å². The van der Waals surface area contributed by atoms with Crippen LogP contribution in [-0.2, 0) is 4.79 Å². The number of benzene rings is 2. The predicted molar refractivity (Wildman–Crippen MR) is 113 cm³/mol. The van der Waals surface area contributed by atoms with Gasteiger partial charge in [-0.2, -0.15) is 0 Å². The van der Waals surface area contributed by atoms with Gasteiger partial charge in [0.1, 0.15) is 5.75 Å². The summed E-state index contributed by atoms with van der Waals surface area (Å²) in [6.07, 6.45) is 0.330. The Hall–Kier alpha value is -3.06. The second kappa shape index (κ2) is 9.93. The quantitative estimate of drug-likeness (QED) is 0.731. The number of carbonyl (C=O) groups is 2. The molecule has 2 aromatic carbocycles. The monoisotopic (exact) mass is 396 g/mol. The number of para-hydroxylation sites is 1. The van der Waals surface area contributed by atoms with Crippen LogP contribution in [0.5, 0.6) is 5.75 Å². The van der Waals surface area contributed by atoms with E-state index in [1.54, 1.807) is 12.1 Å². The standard InChI is InChI=1S/C22H28N4O3/c1-17-8-9-20(29-2)19(16-17)22(28)24-23-21(27)10-11-25-12-14-26(15-13-25)18-6-4-3-5-7-18/h3-9,16H,10-15H2,1-2H3,(H,23,27)(H,24,28). The summed E-state index contributed by atoms with van der Waals surface area (Å²) in [4.78, 5) is 29.1. The van der Waals surface area contributed by atoms with Crippen LogP contribution in [0.3, 0.4) is 0 Å². The lowest BCUT2D eigenvalue weighted by atomic mass is 10.1. The summed E-state index contributed by atoms with van der Waals surface area (Å²) < 4.78 is 5.21. The van der Waals surface area contributed by atoms with Gasteiger partial charge in [-0.25, -0.2) is 0 Å².